The topological polar surface area (TPSA) is 20.2 Å². The number of rotatable bonds is 0. The fraction of sp³-hybridized carbons (Fsp3) is 0.333. The molecule has 2 atom stereocenters. The Hall–Kier alpha value is 0.140. The van der Waals surface area contributed by atoms with Gasteiger partial charge in [-0.1, -0.05) is 17.7 Å². The molecular formula is C6H5BrClFO. The first-order valence-corrected chi connectivity index (χ1v) is 3.81. The van der Waals surface area contributed by atoms with Crippen LogP contribution in [0.25, 0.3) is 0 Å². The van der Waals surface area contributed by atoms with Crippen molar-refractivity contribution in [3.63, 3.8) is 0 Å². The van der Waals surface area contributed by atoms with E-state index in [1.54, 1.807) is 0 Å². The SMILES string of the molecule is OC1(Br)C=CC=C(Cl)C1F. The van der Waals surface area contributed by atoms with Gasteiger partial charge in [-0.15, -0.1) is 0 Å². The van der Waals surface area contributed by atoms with Crippen molar-refractivity contribution in [1.82, 2.24) is 0 Å². The Balaban J connectivity index is 2.89. The lowest BCUT2D eigenvalue weighted by Gasteiger charge is -2.23. The van der Waals surface area contributed by atoms with Gasteiger partial charge in [0.25, 0.3) is 0 Å². The van der Waals surface area contributed by atoms with Gasteiger partial charge in [-0.05, 0) is 28.1 Å². The second-order valence-corrected chi connectivity index (χ2v) is 3.71. The highest BCUT2D eigenvalue weighted by molar-refractivity contribution is 9.10. The largest absolute Gasteiger partial charge is 0.372 e. The van der Waals surface area contributed by atoms with Crippen molar-refractivity contribution < 1.29 is 9.50 Å². The van der Waals surface area contributed by atoms with Gasteiger partial charge in [-0.25, -0.2) is 4.39 Å². The van der Waals surface area contributed by atoms with Gasteiger partial charge in [-0.2, -0.15) is 0 Å². The average molecular weight is 227 g/mol. The van der Waals surface area contributed by atoms with E-state index in [4.69, 9.17) is 16.7 Å². The number of allylic oxidation sites excluding steroid dienone is 2. The van der Waals surface area contributed by atoms with Crippen LogP contribution in [0.4, 0.5) is 4.39 Å². The fourth-order valence-electron chi connectivity index (χ4n) is 0.637. The van der Waals surface area contributed by atoms with Crippen LogP contribution >= 0.6 is 27.5 Å². The smallest absolute Gasteiger partial charge is 0.178 e. The Morgan fingerprint density at radius 2 is 2.40 bits per heavy atom. The van der Waals surface area contributed by atoms with Crippen molar-refractivity contribution in [2.75, 3.05) is 0 Å². The zero-order valence-corrected chi connectivity index (χ0v) is 7.23. The second kappa shape index (κ2) is 2.64. The van der Waals surface area contributed by atoms with Gasteiger partial charge in [0, 0.05) is 0 Å². The van der Waals surface area contributed by atoms with Gasteiger partial charge in [-0.3, -0.25) is 0 Å². The third kappa shape index (κ3) is 1.41. The van der Waals surface area contributed by atoms with Crippen LogP contribution in [0.15, 0.2) is 23.3 Å². The Morgan fingerprint density at radius 1 is 1.80 bits per heavy atom. The van der Waals surface area contributed by atoms with Crippen LogP contribution in [-0.2, 0) is 0 Å². The van der Waals surface area contributed by atoms with Crippen LogP contribution in [-0.4, -0.2) is 15.8 Å². The monoisotopic (exact) mass is 226 g/mol. The molecule has 0 spiro atoms. The first kappa shape index (κ1) is 8.24. The van der Waals surface area contributed by atoms with E-state index in [0.717, 1.165) is 0 Å². The molecule has 0 fully saturated rings. The van der Waals surface area contributed by atoms with Crippen molar-refractivity contribution >= 4 is 27.5 Å². The van der Waals surface area contributed by atoms with Crippen LogP contribution in [0.5, 0.6) is 0 Å². The molecule has 1 nitrogen and oxygen atoms in total. The lowest BCUT2D eigenvalue weighted by molar-refractivity contribution is 0.115. The summed E-state index contributed by atoms with van der Waals surface area (Å²) in [6.07, 6.45) is 2.62. The third-order valence-corrected chi connectivity index (χ3v) is 2.17. The molecule has 0 radical (unpaired) electrons. The van der Waals surface area contributed by atoms with E-state index in [-0.39, 0.29) is 5.03 Å². The lowest BCUT2D eigenvalue weighted by atomic mass is 10.1. The minimum Gasteiger partial charge on any atom is -0.372 e. The highest BCUT2D eigenvalue weighted by atomic mass is 79.9. The van der Waals surface area contributed by atoms with Gasteiger partial charge in [0.1, 0.15) is 0 Å². The summed E-state index contributed by atoms with van der Waals surface area (Å²) in [5.74, 6) is 0. The molecule has 0 aliphatic heterocycles. The standard InChI is InChI=1S/C6H5BrClFO/c7-6(10)3-1-2-4(8)5(6)9/h1-3,5,10H. The van der Waals surface area contributed by atoms with Crippen molar-refractivity contribution in [1.29, 1.82) is 0 Å². The molecule has 0 aromatic heterocycles. The Labute approximate surface area is 71.3 Å². The minimum absolute atomic E-state index is 0.00174. The molecule has 0 saturated carbocycles. The van der Waals surface area contributed by atoms with E-state index in [1.165, 1.54) is 18.2 Å². The number of alkyl halides is 2. The summed E-state index contributed by atoms with van der Waals surface area (Å²) in [5, 5.41) is 9.14. The highest BCUT2D eigenvalue weighted by Gasteiger charge is 2.35. The number of hydrogen-bond acceptors (Lipinski definition) is 1. The van der Waals surface area contributed by atoms with Gasteiger partial charge in [0.2, 0.25) is 0 Å². The Kier molecular flexibility index (Phi) is 2.18. The molecule has 56 valence electrons. The zero-order chi connectivity index (χ0) is 7.78. The predicted molar refractivity (Wildman–Crippen MR) is 41.8 cm³/mol. The van der Waals surface area contributed by atoms with E-state index < -0.39 is 10.7 Å². The first-order chi connectivity index (χ1) is 4.54. The summed E-state index contributed by atoms with van der Waals surface area (Å²) < 4.78 is 11.2. The quantitative estimate of drug-likeness (QED) is 0.629. The van der Waals surface area contributed by atoms with Crippen LogP contribution < -0.4 is 0 Å². The van der Waals surface area contributed by atoms with E-state index in [9.17, 15) is 4.39 Å². The first-order valence-electron chi connectivity index (χ1n) is 2.64. The molecule has 1 aliphatic carbocycles. The number of halogens is 3. The van der Waals surface area contributed by atoms with Gasteiger partial charge in [0.05, 0.1) is 5.03 Å². The molecule has 1 aliphatic rings. The lowest BCUT2D eigenvalue weighted by Crippen LogP contribution is -2.32. The average Bonchev–Trinajstić information content (AvgIpc) is 1.83. The molecule has 0 amide bonds. The highest BCUT2D eigenvalue weighted by Crippen LogP contribution is 2.33. The van der Waals surface area contributed by atoms with Crippen LogP contribution in [0.1, 0.15) is 0 Å². The van der Waals surface area contributed by atoms with Crippen molar-refractivity contribution in [2.45, 2.75) is 10.7 Å². The van der Waals surface area contributed by atoms with Crippen LogP contribution in [0.2, 0.25) is 0 Å². The van der Waals surface area contributed by atoms with Crippen molar-refractivity contribution in [2.24, 2.45) is 0 Å². The molecular weight excluding hydrogens is 222 g/mol. The molecule has 0 bridgehead atoms. The maximum atomic E-state index is 12.8. The van der Waals surface area contributed by atoms with Gasteiger partial charge >= 0.3 is 0 Å². The predicted octanol–water partition coefficient (Wildman–Crippen LogP) is 2.10. The second-order valence-electron chi connectivity index (χ2n) is 2.00. The van der Waals surface area contributed by atoms with Crippen LogP contribution in [0, 0.1) is 0 Å². The maximum Gasteiger partial charge on any atom is 0.178 e. The molecule has 10 heavy (non-hydrogen) atoms. The van der Waals surface area contributed by atoms with E-state index in [0.29, 0.717) is 0 Å². The number of hydrogen-bond donors (Lipinski definition) is 1. The molecule has 0 aromatic rings. The third-order valence-electron chi connectivity index (χ3n) is 1.18. The van der Waals surface area contributed by atoms with Gasteiger partial charge < -0.3 is 5.11 Å². The summed E-state index contributed by atoms with van der Waals surface area (Å²) in [5.41, 5.74) is 0. The van der Waals surface area contributed by atoms with Crippen molar-refractivity contribution in [3.05, 3.63) is 23.3 Å². The van der Waals surface area contributed by atoms with Gasteiger partial charge in [0.15, 0.2) is 10.7 Å². The Morgan fingerprint density at radius 3 is 2.80 bits per heavy atom. The number of aliphatic hydroxyl groups is 1. The minimum atomic E-state index is -1.63. The maximum absolute atomic E-state index is 12.8. The summed E-state index contributed by atoms with van der Waals surface area (Å²) >= 11 is 8.16. The van der Waals surface area contributed by atoms with Crippen LogP contribution in [0.3, 0.4) is 0 Å². The molecule has 2 unspecified atom stereocenters. The van der Waals surface area contributed by atoms with Crippen molar-refractivity contribution in [3.8, 4) is 0 Å². The summed E-state index contributed by atoms with van der Waals surface area (Å²) in [7, 11) is 0. The molecule has 1 rings (SSSR count). The molecule has 0 heterocycles. The molecule has 0 saturated heterocycles. The molecule has 1 N–H and O–H groups in total. The van der Waals surface area contributed by atoms with E-state index in [1.807, 2.05) is 0 Å². The molecule has 0 aromatic carbocycles. The normalized spacial score (nSPS) is 39.6. The van der Waals surface area contributed by atoms with E-state index >= 15 is 0 Å². The summed E-state index contributed by atoms with van der Waals surface area (Å²) in [4.78, 5) is 0. The Bertz CT molecular complexity index is 200. The summed E-state index contributed by atoms with van der Waals surface area (Å²) in [6, 6.07) is 0. The summed E-state index contributed by atoms with van der Waals surface area (Å²) in [6.45, 7) is 0. The fourth-order valence-corrected chi connectivity index (χ4v) is 1.41. The molecule has 4 heteroatoms. The zero-order valence-electron chi connectivity index (χ0n) is 4.89. The van der Waals surface area contributed by atoms with E-state index in [2.05, 4.69) is 15.9 Å².